The topological polar surface area (TPSA) is 95.5 Å². The Bertz CT molecular complexity index is 593. The van der Waals surface area contributed by atoms with Gasteiger partial charge in [-0.05, 0) is 43.2 Å². The van der Waals surface area contributed by atoms with Crippen LogP contribution in [-0.4, -0.2) is 36.0 Å². The van der Waals surface area contributed by atoms with Crippen LogP contribution in [0.4, 0.5) is 0 Å². The molecule has 1 rings (SSSR count). The lowest BCUT2D eigenvalue weighted by atomic mass is 10.0. The normalized spacial score (nSPS) is 12.0. The molecule has 21 heavy (non-hydrogen) atoms. The quantitative estimate of drug-likeness (QED) is 0.704. The van der Waals surface area contributed by atoms with Crippen molar-refractivity contribution in [1.82, 2.24) is 10.6 Å². The van der Waals surface area contributed by atoms with Gasteiger partial charge in [0.15, 0.2) is 0 Å². The summed E-state index contributed by atoms with van der Waals surface area (Å²) in [6.07, 6.45) is 2.50. The van der Waals surface area contributed by atoms with Crippen LogP contribution < -0.4 is 10.6 Å². The first-order chi connectivity index (χ1) is 9.85. The number of benzene rings is 1. The highest BCUT2D eigenvalue weighted by molar-refractivity contribution is 5.97. The van der Waals surface area contributed by atoms with Crippen molar-refractivity contribution < 1.29 is 19.5 Å². The van der Waals surface area contributed by atoms with Crippen LogP contribution in [0, 0.1) is 6.92 Å². The van der Waals surface area contributed by atoms with E-state index in [2.05, 4.69) is 10.6 Å². The number of aliphatic carboxylic acids is 1. The Morgan fingerprint density at radius 3 is 2.48 bits per heavy atom. The predicted molar refractivity (Wildman–Crippen MR) is 78.8 cm³/mol. The fraction of sp³-hybridized carbons (Fsp3) is 0.267. The highest BCUT2D eigenvalue weighted by Crippen LogP contribution is 2.13. The van der Waals surface area contributed by atoms with Crippen molar-refractivity contribution in [3.05, 3.63) is 41.0 Å². The molecule has 0 radical (unpaired) electrons. The van der Waals surface area contributed by atoms with Crippen LogP contribution in [0.5, 0.6) is 0 Å². The lowest BCUT2D eigenvalue weighted by Gasteiger charge is -2.13. The van der Waals surface area contributed by atoms with Crippen LogP contribution in [-0.2, 0) is 9.59 Å². The Morgan fingerprint density at radius 1 is 1.29 bits per heavy atom. The molecular formula is C15H18N2O4. The second-order valence-corrected chi connectivity index (χ2v) is 4.55. The van der Waals surface area contributed by atoms with Crippen molar-refractivity contribution >= 4 is 23.9 Å². The van der Waals surface area contributed by atoms with Crippen molar-refractivity contribution in [1.29, 1.82) is 0 Å². The number of hydrogen-bond donors (Lipinski definition) is 3. The van der Waals surface area contributed by atoms with Gasteiger partial charge in [0.1, 0.15) is 6.04 Å². The van der Waals surface area contributed by atoms with Crippen LogP contribution >= 0.6 is 0 Å². The Kier molecular flexibility index (Phi) is 5.66. The first-order valence-corrected chi connectivity index (χ1v) is 6.39. The van der Waals surface area contributed by atoms with Gasteiger partial charge in [0.05, 0.1) is 0 Å². The lowest BCUT2D eigenvalue weighted by Crippen LogP contribution is -2.43. The van der Waals surface area contributed by atoms with Gasteiger partial charge in [-0.15, -0.1) is 0 Å². The molecule has 0 fully saturated rings. The number of rotatable bonds is 5. The smallest absolute Gasteiger partial charge is 0.328 e. The second-order valence-electron chi connectivity index (χ2n) is 4.55. The van der Waals surface area contributed by atoms with E-state index in [1.165, 1.54) is 13.1 Å². The molecule has 0 saturated heterocycles. The number of carboxylic acid groups (broad SMARTS) is 1. The number of carboxylic acids is 1. The van der Waals surface area contributed by atoms with E-state index in [9.17, 15) is 14.4 Å². The summed E-state index contributed by atoms with van der Waals surface area (Å²) in [7, 11) is 1.50. The van der Waals surface area contributed by atoms with Gasteiger partial charge < -0.3 is 15.7 Å². The van der Waals surface area contributed by atoms with E-state index in [4.69, 9.17) is 5.11 Å². The molecule has 0 spiro atoms. The van der Waals surface area contributed by atoms with Crippen molar-refractivity contribution in [3.63, 3.8) is 0 Å². The summed E-state index contributed by atoms with van der Waals surface area (Å²) in [5.41, 5.74) is 1.90. The van der Waals surface area contributed by atoms with Gasteiger partial charge in [0, 0.05) is 18.7 Å². The zero-order valence-electron chi connectivity index (χ0n) is 12.1. The summed E-state index contributed by atoms with van der Waals surface area (Å²) in [6, 6.07) is 4.26. The number of carbonyl (C=O) groups is 3. The highest BCUT2D eigenvalue weighted by Gasteiger charge is 2.15. The predicted octanol–water partition coefficient (Wildman–Crippen LogP) is 0.957. The third-order valence-electron chi connectivity index (χ3n) is 2.92. The van der Waals surface area contributed by atoms with Gasteiger partial charge in [-0.2, -0.15) is 0 Å². The zero-order chi connectivity index (χ0) is 16.0. The molecule has 1 aromatic rings. The second kappa shape index (κ2) is 7.23. The number of carbonyl (C=O) groups excluding carboxylic acids is 2. The average Bonchev–Trinajstić information content (AvgIpc) is 2.44. The molecule has 0 aromatic heterocycles. The molecule has 1 atom stereocenters. The van der Waals surface area contributed by atoms with E-state index in [1.807, 2.05) is 0 Å². The summed E-state index contributed by atoms with van der Waals surface area (Å²) >= 11 is 0. The standard InChI is InChI=1S/C15H18N2O4/c1-9-8-12(5-4-11(9)6-7-13(18)19)15(21)17-10(2)14(20)16-3/h4-8,10H,1-3H3,(H,16,20)(H,17,21)(H,18,19)/b7-6+. The van der Waals surface area contributed by atoms with Gasteiger partial charge in [-0.1, -0.05) is 6.07 Å². The van der Waals surface area contributed by atoms with Crippen LogP contribution in [0.3, 0.4) is 0 Å². The first kappa shape index (κ1) is 16.4. The van der Waals surface area contributed by atoms with E-state index in [0.717, 1.165) is 11.6 Å². The van der Waals surface area contributed by atoms with Crippen LogP contribution in [0.1, 0.15) is 28.4 Å². The summed E-state index contributed by atoms with van der Waals surface area (Å²) in [5, 5.41) is 13.6. The molecular weight excluding hydrogens is 272 g/mol. The summed E-state index contributed by atoms with van der Waals surface area (Å²) in [6.45, 7) is 3.37. The summed E-state index contributed by atoms with van der Waals surface area (Å²) in [4.78, 5) is 33.8. The Labute approximate surface area is 122 Å². The Balaban J connectivity index is 2.86. The minimum absolute atomic E-state index is 0.277. The number of hydrogen-bond acceptors (Lipinski definition) is 3. The van der Waals surface area contributed by atoms with E-state index < -0.39 is 12.0 Å². The van der Waals surface area contributed by atoms with Crippen LogP contribution in [0.15, 0.2) is 24.3 Å². The minimum atomic E-state index is -1.03. The minimum Gasteiger partial charge on any atom is -0.478 e. The molecule has 0 heterocycles. The van der Waals surface area contributed by atoms with E-state index in [0.29, 0.717) is 11.1 Å². The van der Waals surface area contributed by atoms with Crippen LogP contribution in [0.2, 0.25) is 0 Å². The SMILES string of the molecule is CNC(=O)C(C)NC(=O)c1ccc(/C=C/C(=O)O)c(C)c1. The Hall–Kier alpha value is -2.63. The van der Waals surface area contributed by atoms with Crippen molar-refractivity contribution in [2.45, 2.75) is 19.9 Å². The maximum atomic E-state index is 12.0. The molecule has 1 unspecified atom stereocenters. The van der Waals surface area contributed by atoms with Gasteiger partial charge in [0.2, 0.25) is 5.91 Å². The monoisotopic (exact) mass is 290 g/mol. The van der Waals surface area contributed by atoms with Gasteiger partial charge in [-0.25, -0.2) is 4.79 Å². The molecule has 0 saturated carbocycles. The fourth-order valence-corrected chi connectivity index (χ4v) is 1.73. The maximum absolute atomic E-state index is 12.0. The van der Waals surface area contributed by atoms with Crippen molar-refractivity contribution in [3.8, 4) is 0 Å². The average molecular weight is 290 g/mol. The summed E-state index contributed by atoms with van der Waals surface area (Å²) in [5.74, 6) is -1.67. The van der Waals surface area contributed by atoms with Gasteiger partial charge in [0.25, 0.3) is 5.91 Å². The lowest BCUT2D eigenvalue weighted by molar-refractivity contribution is -0.131. The molecule has 112 valence electrons. The zero-order valence-corrected chi connectivity index (χ0v) is 12.1. The van der Waals surface area contributed by atoms with Crippen LogP contribution in [0.25, 0.3) is 6.08 Å². The molecule has 0 aliphatic heterocycles. The molecule has 2 amide bonds. The van der Waals surface area contributed by atoms with Crippen molar-refractivity contribution in [2.24, 2.45) is 0 Å². The van der Waals surface area contributed by atoms with E-state index >= 15 is 0 Å². The van der Waals surface area contributed by atoms with E-state index in [1.54, 1.807) is 32.0 Å². The Morgan fingerprint density at radius 2 is 1.95 bits per heavy atom. The van der Waals surface area contributed by atoms with Gasteiger partial charge in [-0.3, -0.25) is 9.59 Å². The van der Waals surface area contributed by atoms with Gasteiger partial charge >= 0.3 is 5.97 Å². The molecule has 1 aromatic carbocycles. The molecule has 0 aliphatic carbocycles. The van der Waals surface area contributed by atoms with Crippen molar-refractivity contribution in [2.75, 3.05) is 7.05 Å². The molecule has 3 N–H and O–H groups in total. The number of aryl methyl sites for hydroxylation is 1. The maximum Gasteiger partial charge on any atom is 0.328 e. The highest BCUT2D eigenvalue weighted by atomic mass is 16.4. The van der Waals surface area contributed by atoms with E-state index in [-0.39, 0.29) is 11.8 Å². The third-order valence-corrected chi connectivity index (χ3v) is 2.92. The molecule has 0 bridgehead atoms. The first-order valence-electron chi connectivity index (χ1n) is 6.39. The number of amides is 2. The number of likely N-dealkylation sites (N-methyl/N-ethyl adjacent to an activating group) is 1. The summed E-state index contributed by atoms with van der Waals surface area (Å²) < 4.78 is 0. The largest absolute Gasteiger partial charge is 0.478 e. The third kappa shape index (κ3) is 4.76. The fourth-order valence-electron chi connectivity index (χ4n) is 1.73. The number of nitrogens with one attached hydrogen (secondary N) is 2. The molecule has 6 nitrogen and oxygen atoms in total. The molecule has 6 heteroatoms. The molecule has 0 aliphatic rings.